The van der Waals surface area contributed by atoms with Crippen LogP contribution in [0.15, 0.2) is 59.3 Å². The fraction of sp³-hybridized carbons (Fsp3) is 0.158. The molecule has 0 saturated heterocycles. The van der Waals surface area contributed by atoms with E-state index in [0.29, 0.717) is 11.6 Å². The molecule has 0 amide bonds. The molecule has 0 bridgehead atoms. The first-order valence-corrected chi connectivity index (χ1v) is 9.12. The molecule has 0 saturated carbocycles. The summed E-state index contributed by atoms with van der Waals surface area (Å²) in [6, 6.07) is 15.0. The van der Waals surface area contributed by atoms with Gasteiger partial charge < -0.3 is 10.6 Å². The minimum Gasteiger partial charge on any atom is -0.334 e. The normalized spacial score (nSPS) is 10.7. The van der Waals surface area contributed by atoms with Crippen LogP contribution in [-0.2, 0) is 0 Å². The van der Waals surface area contributed by atoms with Crippen LogP contribution in [0, 0.1) is 10.1 Å². The van der Waals surface area contributed by atoms with E-state index in [1.807, 2.05) is 42.5 Å². The van der Waals surface area contributed by atoms with Crippen molar-refractivity contribution in [2.45, 2.75) is 19.8 Å². The van der Waals surface area contributed by atoms with Crippen LogP contribution in [0.25, 0.3) is 0 Å². The highest BCUT2D eigenvalue weighted by Crippen LogP contribution is 2.33. The van der Waals surface area contributed by atoms with Crippen LogP contribution < -0.4 is 10.6 Å². The predicted octanol–water partition coefficient (Wildman–Crippen LogP) is 5.76. The van der Waals surface area contributed by atoms with Crippen molar-refractivity contribution in [1.82, 2.24) is 9.97 Å². The van der Waals surface area contributed by atoms with Gasteiger partial charge in [0.15, 0.2) is 0 Å². The molecule has 27 heavy (non-hydrogen) atoms. The molecule has 3 aromatic rings. The summed E-state index contributed by atoms with van der Waals surface area (Å²) in [4.78, 5) is 19.3. The third-order valence-electron chi connectivity index (χ3n) is 3.93. The van der Waals surface area contributed by atoms with E-state index in [2.05, 4.69) is 50.4 Å². The number of halogens is 1. The SMILES string of the molecule is CC(C)c1ccc(Nc2ncnc(Nc3cccc(Br)c3)c2[N+](=O)[O-])cc1. The molecule has 2 aromatic carbocycles. The van der Waals surface area contributed by atoms with E-state index in [-0.39, 0.29) is 17.3 Å². The van der Waals surface area contributed by atoms with E-state index in [4.69, 9.17) is 0 Å². The van der Waals surface area contributed by atoms with Gasteiger partial charge in [0.1, 0.15) is 6.33 Å². The molecule has 3 rings (SSSR count). The van der Waals surface area contributed by atoms with Gasteiger partial charge in [-0.2, -0.15) is 0 Å². The average molecular weight is 428 g/mol. The van der Waals surface area contributed by atoms with Crippen molar-refractivity contribution >= 4 is 44.6 Å². The standard InChI is InChI=1S/C19H18BrN5O2/c1-12(2)13-6-8-15(9-7-13)23-18-17(25(26)27)19(22-11-21-18)24-16-5-3-4-14(20)10-16/h3-12H,1-2H3,(H2,21,22,23,24). The molecule has 0 aliphatic heterocycles. The highest BCUT2D eigenvalue weighted by atomic mass is 79.9. The van der Waals surface area contributed by atoms with Gasteiger partial charge in [-0.3, -0.25) is 10.1 Å². The molecule has 1 aromatic heterocycles. The first kappa shape index (κ1) is 18.8. The Hall–Kier alpha value is -3.00. The van der Waals surface area contributed by atoms with E-state index >= 15 is 0 Å². The molecule has 1 heterocycles. The van der Waals surface area contributed by atoms with E-state index in [1.165, 1.54) is 11.9 Å². The lowest BCUT2D eigenvalue weighted by molar-refractivity contribution is -0.383. The number of hydrogen-bond donors (Lipinski definition) is 2. The molecule has 0 radical (unpaired) electrons. The van der Waals surface area contributed by atoms with Crippen LogP contribution in [0.3, 0.4) is 0 Å². The average Bonchev–Trinajstić information content (AvgIpc) is 2.62. The Kier molecular flexibility index (Phi) is 5.66. The molecule has 0 aliphatic rings. The molecule has 0 atom stereocenters. The van der Waals surface area contributed by atoms with Gasteiger partial charge in [-0.05, 0) is 41.8 Å². The van der Waals surface area contributed by atoms with Crippen LogP contribution in [0.1, 0.15) is 25.3 Å². The summed E-state index contributed by atoms with van der Waals surface area (Å²) >= 11 is 3.38. The Morgan fingerprint density at radius 3 is 2.19 bits per heavy atom. The van der Waals surface area contributed by atoms with Crippen LogP contribution in [0.2, 0.25) is 0 Å². The highest BCUT2D eigenvalue weighted by Gasteiger charge is 2.23. The molecule has 7 nitrogen and oxygen atoms in total. The summed E-state index contributed by atoms with van der Waals surface area (Å²) in [5.74, 6) is 0.660. The van der Waals surface area contributed by atoms with Crippen LogP contribution in [0.4, 0.5) is 28.7 Å². The lowest BCUT2D eigenvalue weighted by Gasteiger charge is -2.11. The van der Waals surface area contributed by atoms with Crippen molar-refractivity contribution in [1.29, 1.82) is 0 Å². The smallest absolute Gasteiger partial charge is 0.334 e. The summed E-state index contributed by atoms with van der Waals surface area (Å²) in [5, 5.41) is 17.7. The van der Waals surface area contributed by atoms with Gasteiger partial charge in [0.2, 0.25) is 11.6 Å². The summed E-state index contributed by atoms with van der Waals surface area (Å²) < 4.78 is 0.854. The molecule has 0 unspecified atom stereocenters. The highest BCUT2D eigenvalue weighted by molar-refractivity contribution is 9.10. The second kappa shape index (κ2) is 8.13. The molecule has 2 N–H and O–H groups in total. The van der Waals surface area contributed by atoms with Gasteiger partial charge in [0.05, 0.1) is 4.92 Å². The Morgan fingerprint density at radius 2 is 1.63 bits per heavy atom. The second-order valence-corrected chi connectivity index (χ2v) is 7.13. The van der Waals surface area contributed by atoms with Crippen molar-refractivity contribution in [2.75, 3.05) is 10.6 Å². The predicted molar refractivity (Wildman–Crippen MR) is 110 cm³/mol. The molecule has 0 aliphatic carbocycles. The van der Waals surface area contributed by atoms with Crippen molar-refractivity contribution < 1.29 is 4.92 Å². The maximum absolute atomic E-state index is 11.7. The second-order valence-electron chi connectivity index (χ2n) is 6.21. The van der Waals surface area contributed by atoms with E-state index in [0.717, 1.165) is 10.2 Å². The van der Waals surface area contributed by atoms with Crippen molar-refractivity contribution in [2.24, 2.45) is 0 Å². The van der Waals surface area contributed by atoms with E-state index in [1.54, 1.807) is 6.07 Å². The number of nitrogens with one attached hydrogen (secondary N) is 2. The number of benzene rings is 2. The monoisotopic (exact) mass is 427 g/mol. The number of hydrogen-bond acceptors (Lipinski definition) is 6. The first-order chi connectivity index (χ1) is 12.9. The zero-order valence-electron chi connectivity index (χ0n) is 14.8. The van der Waals surface area contributed by atoms with Gasteiger partial charge in [-0.25, -0.2) is 9.97 Å². The van der Waals surface area contributed by atoms with Crippen molar-refractivity contribution in [3.05, 3.63) is 75.0 Å². The first-order valence-electron chi connectivity index (χ1n) is 8.33. The fourth-order valence-electron chi connectivity index (χ4n) is 2.53. The maximum Gasteiger partial charge on any atom is 0.353 e. The van der Waals surface area contributed by atoms with Gasteiger partial charge in [0, 0.05) is 15.8 Å². The minimum atomic E-state index is -0.495. The Bertz CT molecular complexity index is 961. The maximum atomic E-state index is 11.7. The Labute approximate surface area is 165 Å². The van der Waals surface area contributed by atoms with Gasteiger partial charge in [-0.1, -0.05) is 48.0 Å². The number of aromatic nitrogens is 2. The quantitative estimate of drug-likeness (QED) is 0.383. The fourth-order valence-corrected chi connectivity index (χ4v) is 2.92. The minimum absolute atomic E-state index is 0.120. The van der Waals surface area contributed by atoms with Gasteiger partial charge in [0.25, 0.3) is 0 Å². The molecule has 0 spiro atoms. The summed E-state index contributed by atoms with van der Waals surface area (Å²) in [6.45, 7) is 4.22. The summed E-state index contributed by atoms with van der Waals surface area (Å²) in [6.07, 6.45) is 1.29. The number of anilines is 4. The molecular formula is C19H18BrN5O2. The van der Waals surface area contributed by atoms with Crippen molar-refractivity contribution in [3.63, 3.8) is 0 Å². The lowest BCUT2D eigenvalue weighted by Crippen LogP contribution is -2.05. The van der Waals surface area contributed by atoms with Crippen LogP contribution in [0.5, 0.6) is 0 Å². The third-order valence-corrected chi connectivity index (χ3v) is 4.43. The largest absolute Gasteiger partial charge is 0.353 e. The zero-order chi connectivity index (χ0) is 19.4. The van der Waals surface area contributed by atoms with Gasteiger partial charge >= 0.3 is 5.69 Å². The zero-order valence-corrected chi connectivity index (χ0v) is 16.4. The number of nitrogens with zero attached hydrogens (tertiary/aromatic N) is 3. The van der Waals surface area contributed by atoms with Crippen LogP contribution in [-0.4, -0.2) is 14.9 Å². The lowest BCUT2D eigenvalue weighted by atomic mass is 10.0. The number of nitro groups is 1. The molecular weight excluding hydrogens is 410 g/mol. The molecule has 0 fully saturated rings. The molecule has 8 heteroatoms. The Balaban J connectivity index is 1.92. The topological polar surface area (TPSA) is 93.0 Å². The molecule has 138 valence electrons. The van der Waals surface area contributed by atoms with Gasteiger partial charge in [-0.15, -0.1) is 0 Å². The number of rotatable bonds is 6. The van der Waals surface area contributed by atoms with Crippen LogP contribution >= 0.6 is 15.9 Å². The van der Waals surface area contributed by atoms with E-state index < -0.39 is 4.92 Å². The summed E-state index contributed by atoms with van der Waals surface area (Å²) in [5.41, 5.74) is 2.37. The van der Waals surface area contributed by atoms with E-state index in [9.17, 15) is 10.1 Å². The summed E-state index contributed by atoms with van der Waals surface area (Å²) in [7, 11) is 0. The Morgan fingerprint density at radius 1 is 1.00 bits per heavy atom. The van der Waals surface area contributed by atoms with Crippen molar-refractivity contribution in [3.8, 4) is 0 Å². The third kappa shape index (κ3) is 4.59.